The van der Waals surface area contributed by atoms with Crippen LogP contribution < -0.4 is 5.32 Å². The van der Waals surface area contributed by atoms with Crippen LogP contribution in [0, 0.1) is 11.8 Å². The van der Waals surface area contributed by atoms with Crippen LogP contribution in [0.5, 0.6) is 0 Å². The summed E-state index contributed by atoms with van der Waals surface area (Å²) in [4.78, 5) is 22.1. The summed E-state index contributed by atoms with van der Waals surface area (Å²) in [5.74, 6) is -1.74. The van der Waals surface area contributed by atoms with Crippen molar-refractivity contribution in [2.45, 2.75) is 38.2 Å². The second-order valence-corrected chi connectivity index (χ2v) is 4.86. The highest BCUT2D eigenvalue weighted by molar-refractivity contribution is 5.89. The van der Waals surface area contributed by atoms with Crippen LogP contribution >= 0.6 is 0 Å². The number of ether oxygens (including phenoxy) is 1. The highest BCUT2D eigenvalue weighted by atomic mass is 16.5. The van der Waals surface area contributed by atoms with Gasteiger partial charge in [0.2, 0.25) is 5.91 Å². The van der Waals surface area contributed by atoms with Crippen LogP contribution in [-0.4, -0.2) is 36.2 Å². The van der Waals surface area contributed by atoms with Crippen LogP contribution in [0.3, 0.4) is 0 Å². The molecule has 1 saturated carbocycles. The molecule has 1 amide bonds. The van der Waals surface area contributed by atoms with E-state index in [0.29, 0.717) is 13.0 Å². The van der Waals surface area contributed by atoms with E-state index in [4.69, 9.17) is 9.84 Å². The summed E-state index contributed by atoms with van der Waals surface area (Å²) in [5, 5.41) is 11.5. The third kappa shape index (κ3) is 3.43. The molecule has 0 spiro atoms. The Balaban J connectivity index is 1.59. The van der Waals surface area contributed by atoms with E-state index in [1.54, 1.807) is 0 Å². The smallest absolute Gasteiger partial charge is 0.307 e. The number of aliphatic carboxylic acids is 1. The molecule has 1 aliphatic heterocycles. The number of carboxylic acids is 1. The molecule has 5 heteroatoms. The van der Waals surface area contributed by atoms with Crippen LogP contribution in [0.25, 0.3) is 0 Å². The lowest BCUT2D eigenvalue weighted by Crippen LogP contribution is -2.31. The van der Waals surface area contributed by atoms with Gasteiger partial charge in [-0.2, -0.15) is 0 Å². The lowest BCUT2D eigenvalue weighted by atomic mass is 10.1. The topological polar surface area (TPSA) is 75.6 Å². The summed E-state index contributed by atoms with van der Waals surface area (Å²) in [6, 6.07) is 0. The lowest BCUT2D eigenvalue weighted by molar-refractivity contribution is -0.140. The van der Waals surface area contributed by atoms with Crippen molar-refractivity contribution in [3.63, 3.8) is 0 Å². The van der Waals surface area contributed by atoms with Crippen LogP contribution in [0.15, 0.2) is 0 Å². The fourth-order valence-corrected chi connectivity index (χ4v) is 2.28. The summed E-state index contributed by atoms with van der Waals surface area (Å²) >= 11 is 0. The molecule has 2 rings (SSSR count). The molecule has 3 unspecified atom stereocenters. The molecule has 2 aliphatic rings. The van der Waals surface area contributed by atoms with Crippen molar-refractivity contribution in [1.82, 2.24) is 5.32 Å². The zero-order valence-corrected chi connectivity index (χ0v) is 9.85. The summed E-state index contributed by atoms with van der Waals surface area (Å²) in [6.45, 7) is 1.41. The SMILES string of the molecule is O=C(O)C1CC1C(=O)NCCC1CCCCO1. The van der Waals surface area contributed by atoms with Crippen molar-refractivity contribution < 1.29 is 19.4 Å². The number of amides is 1. The predicted molar refractivity (Wildman–Crippen MR) is 60.5 cm³/mol. The molecule has 1 saturated heterocycles. The van der Waals surface area contributed by atoms with E-state index >= 15 is 0 Å². The number of hydrogen-bond acceptors (Lipinski definition) is 3. The van der Waals surface area contributed by atoms with Gasteiger partial charge in [0.15, 0.2) is 0 Å². The highest BCUT2D eigenvalue weighted by Crippen LogP contribution is 2.38. The first kappa shape index (κ1) is 12.4. The number of rotatable bonds is 5. The van der Waals surface area contributed by atoms with E-state index in [0.717, 1.165) is 25.9 Å². The number of carbonyl (C=O) groups is 2. The Morgan fingerprint density at radius 3 is 2.71 bits per heavy atom. The van der Waals surface area contributed by atoms with Crippen molar-refractivity contribution in [3.8, 4) is 0 Å². The van der Waals surface area contributed by atoms with E-state index in [1.807, 2.05) is 0 Å². The molecular formula is C12H19NO4. The number of hydrogen-bond donors (Lipinski definition) is 2. The summed E-state index contributed by atoms with van der Waals surface area (Å²) in [5.41, 5.74) is 0. The van der Waals surface area contributed by atoms with Crippen molar-refractivity contribution in [2.24, 2.45) is 11.8 Å². The standard InChI is InChI=1S/C12H19NO4/c14-11(9-7-10(9)12(15)16)13-5-4-8-3-1-2-6-17-8/h8-10H,1-7H2,(H,13,14)(H,15,16). The zero-order chi connectivity index (χ0) is 12.3. The average Bonchev–Trinajstić information content (AvgIpc) is 3.10. The molecule has 1 aliphatic carbocycles. The first-order chi connectivity index (χ1) is 8.18. The van der Waals surface area contributed by atoms with Gasteiger partial charge >= 0.3 is 5.97 Å². The second-order valence-electron chi connectivity index (χ2n) is 4.86. The van der Waals surface area contributed by atoms with E-state index in [1.165, 1.54) is 6.42 Å². The fourth-order valence-electron chi connectivity index (χ4n) is 2.28. The monoisotopic (exact) mass is 241 g/mol. The van der Waals surface area contributed by atoms with Crippen LogP contribution in [-0.2, 0) is 14.3 Å². The highest BCUT2D eigenvalue weighted by Gasteiger charge is 2.48. The van der Waals surface area contributed by atoms with Gasteiger partial charge in [-0.15, -0.1) is 0 Å². The van der Waals surface area contributed by atoms with Gasteiger partial charge in [0, 0.05) is 13.2 Å². The first-order valence-corrected chi connectivity index (χ1v) is 6.30. The van der Waals surface area contributed by atoms with Crippen LogP contribution in [0.1, 0.15) is 32.1 Å². The van der Waals surface area contributed by atoms with Gasteiger partial charge in [-0.05, 0) is 32.1 Å². The van der Waals surface area contributed by atoms with E-state index in [9.17, 15) is 9.59 Å². The number of carbonyl (C=O) groups excluding carboxylic acids is 1. The molecule has 1 heterocycles. The molecule has 3 atom stereocenters. The summed E-state index contributed by atoms with van der Waals surface area (Å²) < 4.78 is 5.55. The molecule has 5 nitrogen and oxygen atoms in total. The minimum Gasteiger partial charge on any atom is -0.481 e. The normalized spacial score (nSPS) is 31.9. The Morgan fingerprint density at radius 2 is 2.12 bits per heavy atom. The van der Waals surface area contributed by atoms with Gasteiger partial charge in [-0.1, -0.05) is 0 Å². The van der Waals surface area contributed by atoms with E-state index < -0.39 is 11.9 Å². The maximum absolute atomic E-state index is 11.5. The Labute approximate surface area is 101 Å². The van der Waals surface area contributed by atoms with Gasteiger partial charge in [0.1, 0.15) is 0 Å². The number of carboxylic acid groups (broad SMARTS) is 1. The molecule has 17 heavy (non-hydrogen) atoms. The Bertz CT molecular complexity index is 299. The third-order valence-corrected chi connectivity index (χ3v) is 3.48. The van der Waals surface area contributed by atoms with Crippen molar-refractivity contribution >= 4 is 11.9 Å². The molecule has 0 aromatic rings. The average molecular weight is 241 g/mol. The van der Waals surface area contributed by atoms with E-state index in [-0.39, 0.29) is 17.9 Å². The fraction of sp³-hybridized carbons (Fsp3) is 0.833. The van der Waals surface area contributed by atoms with Crippen molar-refractivity contribution in [1.29, 1.82) is 0 Å². The Hall–Kier alpha value is -1.10. The van der Waals surface area contributed by atoms with Gasteiger partial charge < -0.3 is 15.2 Å². The molecule has 0 aromatic heterocycles. The molecule has 2 N–H and O–H groups in total. The quantitative estimate of drug-likeness (QED) is 0.746. The second kappa shape index (κ2) is 5.49. The van der Waals surface area contributed by atoms with Gasteiger partial charge in [0.25, 0.3) is 0 Å². The molecule has 0 aromatic carbocycles. The van der Waals surface area contributed by atoms with Crippen molar-refractivity contribution in [3.05, 3.63) is 0 Å². The van der Waals surface area contributed by atoms with E-state index in [2.05, 4.69) is 5.32 Å². The Kier molecular flexibility index (Phi) is 3.99. The molecule has 96 valence electrons. The van der Waals surface area contributed by atoms with Crippen LogP contribution in [0.2, 0.25) is 0 Å². The number of nitrogens with one attached hydrogen (secondary N) is 1. The maximum Gasteiger partial charge on any atom is 0.307 e. The summed E-state index contributed by atoms with van der Waals surface area (Å²) in [7, 11) is 0. The molecular weight excluding hydrogens is 222 g/mol. The maximum atomic E-state index is 11.5. The lowest BCUT2D eigenvalue weighted by Gasteiger charge is -2.22. The molecule has 0 bridgehead atoms. The first-order valence-electron chi connectivity index (χ1n) is 6.30. The van der Waals surface area contributed by atoms with Gasteiger partial charge in [-0.25, -0.2) is 0 Å². The van der Waals surface area contributed by atoms with Crippen LogP contribution in [0.4, 0.5) is 0 Å². The minimum absolute atomic E-state index is 0.117. The summed E-state index contributed by atoms with van der Waals surface area (Å²) in [6.07, 6.45) is 4.97. The largest absolute Gasteiger partial charge is 0.481 e. The molecule has 0 radical (unpaired) electrons. The molecule has 2 fully saturated rings. The van der Waals surface area contributed by atoms with Gasteiger partial charge in [0.05, 0.1) is 17.9 Å². The van der Waals surface area contributed by atoms with Gasteiger partial charge in [-0.3, -0.25) is 9.59 Å². The van der Waals surface area contributed by atoms with Crippen molar-refractivity contribution in [2.75, 3.05) is 13.2 Å². The zero-order valence-electron chi connectivity index (χ0n) is 9.85. The Morgan fingerprint density at radius 1 is 1.29 bits per heavy atom. The predicted octanol–water partition coefficient (Wildman–Crippen LogP) is 0.782. The third-order valence-electron chi connectivity index (χ3n) is 3.48. The minimum atomic E-state index is -0.860.